The minimum absolute atomic E-state index is 0.0230. The van der Waals surface area contributed by atoms with E-state index in [2.05, 4.69) is 0 Å². The van der Waals surface area contributed by atoms with Crippen LogP contribution in [0.2, 0.25) is 10.0 Å². The summed E-state index contributed by atoms with van der Waals surface area (Å²) in [6.45, 7) is 0. The molecule has 9 heteroatoms. The molecule has 0 atom stereocenters. The Bertz CT molecular complexity index is 992. The van der Waals surface area contributed by atoms with E-state index in [4.69, 9.17) is 23.2 Å². The maximum atomic E-state index is 12.6. The molecule has 0 aromatic heterocycles. The molecule has 7 nitrogen and oxygen atoms in total. The summed E-state index contributed by atoms with van der Waals surface area (Å²) in [6.07, 6.45) is 4.13. The van der Waals surface area contributed by atoms with E-state index in [0.29, 0.717) is 35.1 Å². The van der Waals surface area contributed by atoms with Gasteiger partial charge in [0, 0.05) is 23.3 Å². The molecule has 0 aliphatic heterocycles. The number of hydrogen-bond acceptors (Lipinski definition) is 5. The smallest absolute Gasteiger partial charge is 0.288 e. The Morgan fingerprint density at radius 3 is 1.54 bits per heavy atom. The van der Waals surface area contributed by atoms with Gasteiger partial charge in [-0.1, -0.05) is 35.3 Å². The highest BCUT2D eigenvalue weighted by Crippen LogP contribution is 2.33. The van der Waals surface area contributed by atoms with Crippen molar-refractivity contribution in [1.29, 1.82) is 0 Å². The molecule has 0 spiro atoms. The van der Waals surface area contributed by atoms with Crippen LogP contribution < -0.4 is 0 Å². The molecule has 2 aromatic rings. The molecule has 0 unspecified atom stereocenters. The van der Waals surface area contributed by atoms with Gasteiger partial charge in [0.2, 0.25) is 0 Å². The zero-order valence-electron chi connectivity index (χ0n) is 14.2. The predicted octanol–water partition coefficient (Wildman–Crippen LogP) is 5.64. The molecule has 0 N–H and O–H groups in total. The van der Waals surface area contributed by atoms with Crippen molar-refractivity contribution in [3.8, 4) is 0 Å². The third-order valence-electron chi connectivity index (χ3n) is 4.26. The van der Waals surface area contributed by atoms with Gasteiger partial charge in [0.15, 0.2) is 5.78 Å². The van der Waals surface area contributed by atoms with Crippen molar-refractivity contribution >= 4 is 52.5 Å². The molecule has 2 aromatic carbocycles. The highest BCUT2D eigenvalue weighted by Gasteiger charge is 2.24. The molecule has 3 rings (SSSR count). The van der Waals surface area contributed by atoms with Crippen molar-refractivity contribution in [3.63, 3.8) is 0 Å². The van der Waals surface area contributed by atoms with Crippen LogP contribution in [0.4, 0.5) is 11.4 Å². The highest BCUT2D eigenvalue weighted by atomic mass is 35.5. The van der Waals surface area contributed by atoms with Crippen molar-refractivity contribution in [2.75, 3.05) is 0 Å². The van der Waals surface area contributed by atoms with E-state index in [0.717, 1.165) is 0 Å². The first kappa shape index (κ1) is 19.7. The summed E-state index contributed by atoms with van der Waals surface area (Å²) in [6, 6.07) is 8.64. The van der Waals surface area contributed by atoms with Crippen molar-refractivity contribution in [1.82, 2.24) is 0 Å². The Hall–Kier alpha value is -3.03. The van der Waals surface area contributed by atoms with Crippen LogP contribution in [0.1, 0.15) is 24.0 Å². The third-order valence-corrected chi connectivity index (χ3v) is 4.90. The predicted molar refractivity (Wildman–Crippen MR) is 106 cm³/mol. The molecule has 1 saturated carbocycles. The van der Waals surface area contributed by atoms with Gasteiger partial charge in [-0.25, -0.2) is 0 Å². The Labute approximate surface area is 169 Å². The van der Waals surface area contributed by atoms with Gasteiger partial charge in [-0.15, -0.1) is 0 Å². The lowest BCUT2D eigenvalue weighted by Gasteiger charge is -2.00. The summed E-state index contributed by atoms with van der Waals surface area (Å²) in [5.74, 6) is -0.199. The quantitative estimate of drug-likeness (QED) is 0.362. The Kier molecular flexibility index (Phi) is 5.58. The number of Topliss-reactive ketones (excluding diaryl/α,β-unsaturated/α-hetero) is 1. The van der Waals surface area contributed by atoms with Gasteiger partial charge in [0.05, 0.1) is 9.85 Å². The number of nitrogens with zero attached hydrogens (tertiary/aromatic N) is 2. The normalized spacial score (nSPS) is 16.7. The molecule has 0 radical (unpaired) electrons. The zero-order valence-corrected chi connectivity index (χ0v) is 15.7. The van der Waals surface area contributed by atoms with E-state index in [9.17, 15) is 25.0 Å². The van der Waals surface area contributed by atoms with E-state index in [1.807, 2.05) is 0 Å². The lowest BCUT2D eigenvalue weighted by atomic mass is 10.1. The molecular weight excluding hydrogens is 407 g/mol. The summed E-state index contributed by atoms with van der Waals surface area (Å²) in [4.78, 5) is 33.5. The Morgan fingerprint density at radius 2 is 1.18 bits per heavy atom. The molecule has 0 saturated heterocycles. The van der Waals surface area contributed by atoms with E-state index >= 15 is 0 Å². The van der Waals surface area contributed by atoms with E-state index < -0.39 is 9.85 Å². The number of nitro benzene ring substituents is 2. The van der Waals surface area contributed by atoms with Crippen LogP contribution >= 0.6 is 23.2 Å². The van der Waals surface area contributed by atoms with Crippen LogP contribution in [0.15, 0.2) is 47.5 Å². The topological polar surface area (TPSA) is 103 Å². The van der Waals surface area contributed by atoms with E-state index in [-0.39, 0.29) is 27.2 Å². The molecular formula is C19H12Cl2N2O5. The lowest BCUT2D eigenvalue weighted by molar-refractivity contribution is -0.384. The van der Waals surface area contributed by atoms with Crippen LogP contribution in [0.5, 0.6) is 0 Å². The summed E-state index contributed by atoms with van der Waals surface area (Å²) in [5.41, 5.74) is 1.56. The fraction of sp³-hybridized carbons (Fsp3) is 0.105. The molecule has 1 aliphatic rings. The summed E-state index contributed by atoms with van der Waals surface area (Å²) in [7, 11) is 0. The first-order chi connectivity index (χ1) is 13.3. The SMILES string of the molecule is O=C1/C(=C\c2ccc(Cl)c([N+](=O)[O-])c2)CC/C1=C/c1ccc(Cl)c([N+](=O)[O-])c1. The Balaban J connectivity index is 1.89. The largest absolute Gasteiger partial charge is 0.289 e. The van der Waals surface area contributed by atoms with Crippen molar-refractivity contribution in [2.45, 2.75) is 12.8 Å². The van der Waals surface area contributed by atoms with E-state index in [1.165, 1.54) is 24.3 Å². The number of carbonyl (C=O) groups is 1. The number of allylic oxidation sites excluding steroid dienone is 2. The number of benzene rings is 2. The minimum atomic E-state index is -0.584. The molecule has 0 amide bonds. The second-order valence-corrected chi connectivity index (χ2v) is 6.92. The average Bonchev–Trinajstić information content (AvgIpc) is 2.97. The summed E-state index contributed by atoms with van der Waals surface area (Å²) in [5, 5.41) is 22.0. The second kappa shape index (κ2) is 7.92. The molecule has 0 bridgehead atoms. The number of ketones is 1. The summed E-state index contributed by atoms with van der Waals surface area (Å²) >= 11 is 11.6. The number of hydrogen-bond donors (Lipinski definition) is 0. The van der Waals surface area contributed by atoms with Crippen LogP contribution in [0.25, 0.3) is 12.2 Å². The number of halogens is 2. The van der Waals surface area contributed by atoms with Gasteiger partial charge in [-0.05, 0) is 48.3 Å². The molecule has 1 aliphatic carbocycles. The van der Waals surface area contributed by atoms with Gasteiger partial charge in [-0.3, -0.25) is 25.0 Å². The lowest BCUT2D eigenvalue weighted by Crippen LogP contribution is -1.96. The van der Waals surface area contributed by atoms with Crippen molar-refractivity contribution in [3.05, 3.63) is 88.9 Å². The number of rotatable bonds is 4. The number of carbonyl (C=O) groups excluding carboxylic acids is 1. The monoisotopic (exact) mass is 418 g/mol. The maximum Gasteiger partial charge on any atom is 0.288 e. The van der Waals surface area contributed by atoms with Crippen molar-refractivity contribution in [2.24, 2.45) is 0 Å². The molecule has 0 heterocycles. The standard InChI is InChI=1S/C19H12Cl2N2O5/c20-15-5-1-11(9-17(15)22(25)26)7-13-3-4-14(19(13)24)8-12-2-6-16(21)18(10-12)23(27)28/h1-2,5-10H,3-4H2/b13-7-,14-8-. The highest BCUT2D eigenvalue weighted by molar-refractivity contribution is 6.33. The first-order valence-electron chi connectivity index (χ1n) is 8.10. The fourth-order valence-electron chi connectivity index (χ4n) is 2.90. The van der Waals surface area contributed by atoms with Gasteiger partial charge < -0.3 is 0 Å². The van der Waals surface area contributed by atoms with Crippen molar-refractivity contribution < 1.29 is 14.6 Å². The average molecular weight is 419 g/mol. The van der Waals surface area contributed by atoms with Gasteiger partial charge >= 0.3 is 0 Å². The fourth-order valence-corrected chi connectivity index (χ4v) is 3.27. The zero-order chi connectivity index (χ0) is 20.4. The Morgan fingerprint density at radius 1 is 0.786 bits per heavy atom. The number of nitro groups is 2. The first-order valence-corrected chi connectivity index (χ1v) is 8.85. The minimum Gasteiger partial charge on any atom is -0.289 e. The van der Waals surface area contributed by atoms with Crippen LogP contribution in [-0.2, 0) is 4.79 Å². The molecule has 142 valence electrons. The van der Waals surface area contributed by atoms with E-state index in [1.54, 1.807) is 24.3 Å². The summed E-state index contributed by atoms with van der Waals surface area (Å²) < 4.78 is 0. The third kappa shape index (κ3) is 4.11. The van der Waals surface area contributed by atoms with Crippen LogP contribution in [0.3, 0.4) is 0 Å². The maximum absolute atomic E-state index is 12.6. The van der Waals surface area contributed by atoms with Gasteiger partial charge in [0.1, 0.15) is 10.0 Å². The molecule has 1 fully saturated rings. The van der Waals surface area contributed by atoms with Crippen LogP contribution in [-0.4, -0.2) is 15.6 Å². The van der Waals surface area contributed by atoms with Gasteiger partial charge in [-0.2, -0.15) is 0 Å². The second-order valence-electron chi connectivity index (χ2n) is 6.10. The van der Waals surface area contributed by atoms with Crippen LogP contribution in [0, 0.1) is 20.2 Å². The van der Waals surface area contributed by atoms with Gasteiger partial charge in [0.25, 0.3) is 11.4 Å². The molecule has 28 heavy (non-hydrogen) atoms.